The molecular weight excluding hydrogens is 310 g/mol. The minimum absolute atomic E-state index is 0.109. The molecule has 0 atom stereocenters. The monoisotopic (exact) mass is 331 g/mol. The summed E-state index contributed by atoms with van der Waals surface area (Å²) in [5.41, 5.74) is 0.0826. The lowest BCUT2D eigenvalue weighted by Gasteiger charge is -2.21. The number of hydrogen-bond acceptors (Lipinski definition) is 5. The van der Waals surface area contributed by atoms with Crippen LogP contribution < -0.4 is 10.9 Å². The Labute approximate surface area is 139 Å². The zero-order valence-corrected chi connectivity index (χ0v) is 13.6. The molecule has 8 nitrogen and oxygen atoms in total. The molecule has 1 aliphatic carbocycles. The lowest BCUT2D eigenvalue weighted by molar-refractivity contribution is -0.116. The fraction of sp³-hybridized carbons (Fsp3) is 0.500. The molecule has 0 bridgehead atoms. The molecule has 128 valence electrons. The maximum Gasteiger partial charge on any atom is 0.254 e. The Bertz CT molecular complexity index is 789. The standard InChI is InChI=1S/C16H21N5O3/c1-11-7-13(22)8-15(24)20(11)9-14(23)18-16-17-10-21(19-16)12-5-3-2-4-6-12/h7-8,10,12,22H,2-6,9H2,1H3,(H,18,19,23). The van der Waals surface area contributed by atoms with Crippen molar-refractivity contribution in [1.82, 2.24) is 19.3 Å². The van der Waals surface area contributed by atoms with E-state index in [1.165, 1.54) is 29.9 Å². The number of aromatic nitrogens is 4. The highest BCUT2D eigenvalue weighted by molar-refractivity contribution is 5.88. The van der Waals surface area contributed by atoms with Crippen LogP contribution in [0, 0.1) is 6.92 Å². The van der Waals surface area contributed by atoms with Gasteiger partial charge in [-0.05, 0) is 25.8 Å². The Hall–Kier alpha value is -2.64. The van der Waals surface area contributed by atoms with Crippen LogP contribution in [0.5, 0.6) is 5.75 Å². The molecule has 1 saturated carbocycles. The molecule has 1 fully saturated rings. The first-order valence-corrected chi connectivity index (χ1v) is 8.14. The summed E-state index contributed by atoms with van der Waals surface area (Å²) in [6.07, 6.45) is 7.45. The molecule has 3 rings (SSSR count). The fourth-order valence-electron chi connectivity index (χ4n) is 3.08. The number of nitrogens with one attached hydrogen (secondary N) is 1. The van der Waals surface area contributed by atoms with Gasteiger partial charge in [0.1, 0.15) is 18.6 Å². The third kappa shape index (κ3) is 3.64. The predicted octanol–water partition coefficient (Wildman–Crippen LogP) is 1.60. The topological polar surface area (TPSA) is 102 Å². The molecule has 0 unspecified atom stereocenters. The third-order valence-electron chi connectivity index (χ3n) is 4.33. The molecule has 1 amide bonds. The Morgan fingerprint density at radius 3 is 2.79 bits per heavy atom. The minimum atomic E-state index is -0.427. The van der Waals surface area contributed by atoms with Crippen molar-refractivity contribution in [2.24, 2.45) is 0 Å². The summed E-state index contributed by atoms with van der Waals surface area (Å²) in [6.45, 7) is 1.51. The summed E-state index contributed by atoms with van der Waals surface area (Å²) in [5.74, 6) is -0.246. The van der Waals surface area contributed by atoms with E-state index in [2.05, 4.69) is 15.4 Å². The summed E-state index contributed by atoms with van der Waals surface area (Å²) >= 11 is 0. The number of nitrogens with zero attached hydrogens (tertiary/aromatic N) is 4. The van der Waals surface area contributed by atoms with Gasteiger partial charge in [0.25, 0.3) is 5.56 Å². The van der Waals surface area contributed by atoms with Crippen LogP contribution in [0.1, 0.15) is 43.8 Å². The van der Waals surface area contributed by atoms with Gasteiger partial charge in [-0.3, -0.25) is 14.9 Å². The minimum Gasteiger partial charge on any atom is -0.508 e. The van der Waals surface area contributed by atoms with Crippen molar-refractivity contribution >= 4 is 11.9 Å². The zero-order valence-electron chi connectivity index (χ0n) is 13.6. The summed E-state index contributed by atoms with van der Waals surface area (Å²) in [6, 6.07) is 2.86. The van der Waals surface area contributed by atoms with Crippen molar-refractivity contribution in [3.8, 4) is 5.75 Å². The van der Waals surface area contributed by atoms with E-state index >= 15 is 0 Å². The first-order chi connectivity index (χ1) is 11.5. The van der Waals surface area contributed by atoms with Crippen LogP contribution in [-0.4, -0.2) is 30.3 Å². The van der Waals surface area contributed by atoms with E-state index in [1.54, 1.807) is 13.3 Å². The van der Waals surface area contributed by atoms with Crippen molar-refractivity contribution in [3.63, 3.8) is 0 Å². The molecule has 2 aromatic heterocycles. The molecule has 2 heterocycles. The van der Waals surface area contributed by atoms with Gasteiger partial charge >= 0.3 is 0 Å². The highest BCUT2D eigenvalue weighted by Gasteiger charge is 2.17. The lowest BCUT2D eigenvalue weighted by atomic mass is 9.96. The summed E-state index contributed by atoms with van der Waals surface area (Å²) < 4.78 is 3.10. The number of carbonyl (C=O) groups is 1. The van der Waals surface area contributed by atoms with Crippen molar-refractivity contribution in [3.05, 3.63) is 34.5 Å². The molecular formula is C16H21N5O3. The highest BCUT2D eigenvalue weighted by Crippen LogP contribution is 2.27. The van der Waals surface area contributed by atoms with E-state index < -0.39 is 5.56 Å². The molecule has 0 aromatic carbocycles. The number of aryl methyl sites for hydroxylation is 1. The molecule has 0 saturated heterocycles. The Morgan fingerprint density at radius 1 is 1.33 bits per heavy atom. The van der Waals surface area contributed by atoms with Crippen LogP contribution in [0.4, 0.5) is 5.95 Å². The first-order valence-electron chi connectivity index (χ1n) is 8.14. The quantitative estimate of drug-likeness (QED) is 0.886. The smallest absolute Gasteiger partial charge is 0.254 e. The van der Waals surface area contributed by atoms with Crippen LogP contribution >= 0.6 is 0 Å². The van der Waals surface area contributed by atoms with Gasteiger partial charge in [-0.2, -0.15) is 0 Å². The number of rotatable bonds is 4. The van der Waals surface area contributed by atoms with Crippen molar-refractivity contribution < 1.29 is 9.90 Å². The van der Waals surface area contributed by atoms with Gasteiger partial charge in [0.05, 0.1) is 6.04 Å². The molecule has 2 N–H and O–H groups in total. The van der Waals surface area contributed by atoms with E-state index in [4.69, 9.17) is 0 Å². The Balaban J connectivity index is 1.65. The number of anilines is 1. The average Bonchev–Trinajstić information content (AvgIpc) is 3.00. The molecule has 2 aromatic rings. The Morgan fingerprint density at radius 2 is 2.08 bits per heavy atom. The Kier molecular flexibility index (Phi) is 4.64. The average molecular weight is 331 g/mol. The molecule has 24 heavy (non-hydrogen) atoms. The van der Waals surface area contributed by atoms with Gasteiger partial charge in [0, 0.05) is 11.8 Å². The van der Waals surface area contributed by atoms with E-state index in [0.29, 0.717) is 11.7 Å². The molecule has 0 spiro atoms. The second-order valence-electron chi connectivity index (χ2n) is 6.17. The second-order valence-corrected chi connectivity index (χ2v) is 6.17. The van der Waals surface area contributed by atoms with E-state index in [9.17, 15) is 14.7 Å². The molecule has 0 aliphatic heterocycles. The van der Waals surface area contributed by atoms with E-state index in [0.717, 1.165) is 18.9 Å². The van der Waals surface area contributed by atoms with Crippen LogP contribution in [0.2, 0.25) is 0 Å². The normalized spacial score (nSPS) is 15.4. The second kappa shape index (κ2) is 6.86. The summed E-state index contributed by atoms with van der Waals surface area (Å²) in [5, 5.41) is 16.3. The number of pyridine rings is 1. The number of aromatic hydroxyl groups is 1. The maximum atomic E-state index is 12.1. The van der Waals surface area contributed by atoms with Gasteiger partial charge in [-0.25, -0.2) is 9.67 Å². The van der Waals surface area contributed by atoms with E-state index in [1.807, 2.05) is 4.68 Å². The third-order valence-corrected chi connectivity index (χ3v) is 4.33. The molecule has 8 heteroatoms. The molecule has 0 radical (unpaired) electrons. The number of amides is 1. The van der Waals surface area contributed by atoms with Gasteiger partial charge < -0.3 is 9.67 Å². The van der Waals surface area contributed by atoms with Crippen molar-refractivity contribution in [1.29, 1.82) is 0 Å². The van der Waals surface area contributed by atoms with Gasteiger partial charge in [-0.1, -0.05) is 19.3 Å². The zero-order chi connectivity index (χ0) is 17.1. The summed E-state index contributed by atoms with van der Waals surface area (Å²) in [4.78, 5) is 28.1. The fourth-order valence-corrected chi connectivity index (χ4v) is 3.08. The van der Waals surface area contributed by atoms with E-state index in [-0.39, 0.29) is 24.1 Å². The largest absolute Gasteiger partial charge is 0.508 e. The van der Waals surface area contributed by atoms with Crippen molar-refractivity contribution in [2.45, 2.75) is 51.6 Å². The van der Waals surface area contributed by atoms with Crippen LogP contribution in [0.15, 0.2) is 23.3 Å². The predicted molar refractivity (Wildman–Crippen MR) is 87.9 cm³/mol. The van der Waals surface area contributed by atoms with Gasteiger partial charge in [0.15, 0.2) is 0 Å². The highest BCUT2D eigenvalue weighted by atomic mass is 16.3. The lowest BCUT2D eigenvalue weighted by Crippen LogP contribution is -2.28. The maximum absolute atomic E-state index is 12.1. The first kappa shape index (κ1) is 16.2. The van der Waals surface area contributed by atoms with Gasteiger partial charge in [0.2, 0.25) is 11.9 Å². The van der Waals surface area contributed by atoms with Crippen LogP contribution in [0.3, 0.4) is 0 Å². The van der Waals surface area contributed by atoms with Gasteiger partial charge in [-0.15, -0.1) is 5.10 Å². The number of carbonyl (C=O) groups excluding carboxylic acids is 1. The van der Waals surface area contributed by atoms with Crippen molar-refractivity contribution in [2.75, 3.05) is 5.32 Å². The molecule has 1 aliphatic rings. The van der Waals surface area contributed by atoms with Crippen LogP contribution in [0.25, 0.3) is 0 Å². The number of hydrogen-bond donors (Lipinski definition) is 2. The van der Waals surface area contributed by atoms with Crippen LogP contribution in [-0.2, 0) is 11.3 Å². The summed E-state index contributed by atoms with van der Waals surface area (Å²) in [7, 11) is 0. The SMILES string of the molecule is Cc1cc(O)cc(=O)n1CC(=O)Nc1ncn(C2CCCCC2)n1.